The Hall–Kier alpha value is -0.300. The van der Waals surface area contributed by atoms with E-state index in [9.17, 15) is 0 Å². The summed E-state index contributed by atoms with van der Waals surface area (Å²) in [6.07, 6.45) is 11.0. The molecule has 1 heteroatoms. The van der Waals surface area contributed by atoms with Crippen LogP contribution in [-0.2, 0) is 0 Å². The van der Waals surface area contributed by atoms with E-state index in [1.54, 1.807) is 0 Å². The van der Waals surface area contributed by atoms with Crippen molar-refractivity contribution in [3.63, 3.8) is 0 Å². The zero-order chi connectivity index (χ0) is 10.4. The van der Waals surface area contributed by atoms with E-state index in [0.29, 0.717) is 6.04 Å². The van der Waals surface area contributed by atoms with Gasteiger partial charge in [0.15, 0.2) is 0 Å². The fourth-order valence-corrected chi connectivity index (χ4v) is 2.48. The van der Waals surface area contributed by atoms with E-state index in [1.165, 1.54) is 44.1 Å². The van der Waals surface area contributed by atoms with Gasteiger partial charge in [-0.3, -0.25) is 0 Å². The Kier molecular flexibility index (Phi) is 5.24. The van der Waals surface area contributed by atoms with Crippen LogP contribution in [0.25, 0.3) is 0 Å². The van der Waals surface area contributed by atoms with Crippen LogP contribution in [0.3, 0.4) is 0 Å². The van der Waals surface area contributed by atoms with Crippen molar-refractivity contribution in [3.05, 3.63) is 11.6 Å². The molecule has 0 spiro atoms. The maximum Gasteiger partial charge on any atom is 0.0277 e. The normalized spacial score (nSPS) is 21.4. The zero-order valence-electron chi connectivity index (χ0n) is 9.97. The average Bonchev–Trinajstić information content (AvgIpc) is 2.41. The lowest BCUT2D eigenvalue weighted by Gasteiger charge is -2.23. The Morgan fingerprint density at radius 2 is 1.71 bits per heavy atom. The van der Waals surface area contributed by atoms with Crippen LogP contribution in [-0.4, -0.2) is 13.1 Å². The number of nitrogens with one attached hydrogen (secondary N) is 1. The van der Waals surface area contributed by atoms with E-state index < -0.39 is 0 Å². The monoisotopic (exact) mass is 195 g/mol. The lowest BCUT2D eigenvalue weighted by Crippen LogP contribution is -2.31. The predicted octanol–water partition coefficient (Wildman–Crippen LogP) is 3.51. The van der Waals surface area contributed by atoms with Crippen LogP contribution < -0.4 is 5.32 Å². The van der Waals surface area contributed by atoms with Crippen LogP contribution in [0.4, 0.5) is 0 Å². The molecular formula is C13H25N. The molecule has 1 unspecified atom stereocenters. The van der Waals surface area contributed by atoms with Gasteiger partial charge in [0.05, 0.1) is 0 Å². The average molecular weight is 195 g/mol. The highest BCUT2D eigenvalue weighted by Gasteiger charge is 2.19. The van der Waals surface area contributed by atoms with Crippen molar-refractivity contribution in [2.24, 2.45) is 5.92 Å². The molecule has 1 rings (SSSR count). The number of hydrogen-bond acceptors (Lipinski definition) is 1. The van der Waals surface area contributed by atoms with Crippen molar-refractivity contribution in [1.82, 2.24) is 5.32 Å². The fourth-order valence-electron chi connectivity index (χ4n) is 2.48. The van der Waals surface area contributed by atoms with Crippen LogP contribution >= 0.6 is 0 Å². The third-order valence-electron chi connectivity index (χ3n) is 3.25. The van der Waals surface area contributed by atoms with Gasteiger partial charge in [-0.1, -0.05) is 37.3 Å². The quantitative estimate of drug-likeness (QED) is 0.537. The van der Waals surface area contributed by atoms with Crippen molar-refractivity contribution in [1.29, 1.82) is 0 Å². The van der Waals surface area contributed by atoms with E-state index in [1.807, 2.05) is 0 Å². The highest BCUT2D eigenvalue weighted by Crippen LogP contribution is 2.26. The number of hydrogen-bond donors (Lipinski definition) is 1. The third kappa shape index (κ3) is 3.83. The molecule has 1 saturated carbocycles. The summed E-state index contributed by atoms with van der Waals surface area (Å²) in [7, 11) is 2.09. The first-order valence-corrected chi connectivity index (χ1v) is 6.06. The number of rotatable bonds is 3. The number of likely N-dealkylation sites (N-methyl/N-ethyl adjacent to an activating group) is 1. The SMILES string of the molecule is CNC(C=C(C)C)C1CCCCCC1. The molecule has 1 N–H and O–H groups in total. The summed E-state index contributed by atoms with van der Waals surface area (Å²) in [5.41, 5.74) is 1.44. The summed E-state index contributed by atoms with van der Waals surface area (Å²) in [6, 6.07) is 0.609. The smallest absolute Gasteiger partial charge is 0.0277 e. The third-order valence-corrected chi connectivity index (χ3v) is 3.25. The molecule has 1 nitrogen and oxygen atoms in total. The van der Waals surface area contributed by atoms with Gasteiger partial charge in [0, 0.05) is 6.04 Å². The highest BCUT2D eigenvalue weighted by atomic mass is 14.9. The van der Waals surface area contributed by atoms with Gasteiger partial charge >= 0.3 is 0 Å². The zero-order valence-corrected chi connectivity index (χ0v) is 9.97. The largest absolute Gasteiger partial charge is 0.313 e. The maximum atomic E-state index is 3.45. The van der Waals surface area contributed by atoms with Crippen LogP contribution in [0.1, 0.15) is 52.4 Å². The van der Waals surface area contributed by atoms with Crippen molar-refractivity contribution in [2.75, 3.05) is 7.05 Å². The van der Waals surface area contributed by atoms with Crippen LogP contribution in [0.2, 0.25) is 0 Å². The van der Waals surface area contributed by atoms with E-state index in [-0.39, 0.29) is 0 Å². The molecule has 0 heterocycles. The first-order chi connectivity index (χ1) is 6.74. The molecular weight excluding hydrogens is 170 g/mol. The standard InChI is InChI=1S/C13H25N/c1-11(2)10-13(14-3)12-8-6-4-5-7-9-12/h10,12-14H,4-9H2,1-3H3. The van der Waals surface area contributed by atoms with Crippen molar-refractivity contribution >= 4 is 0 Å². The van der Waals surface area contributed by atoms with E-state index in [2.05, 4.69) is 32.3 Å². The number of allylic oxidation sites excluding steroid dienone is 1. The Balaban J connectivity index is 2.53. The summed E-state index contributed by atoms with van der Waals surface area (Å²) in [5.74, 6) is 0.873. The maximum absolute atomic E-state index is 3.45. The van der Waals surface area contributed by atoms with Gasteiger partial charge in [-0.2, -0.15) is 0 Å². The summed E-state index contributed by atoms with van der Waals surface area (Å²) < 4.78 is 0. The second-order valence-corrected chi connectivity index (χ2v) is 4.81. The Labute approximate surface area is 89.0 Å². The second kappa shape index (κ2) is 6.23. The van der Waals surface area contributed by atoms with Crippen LogP contribution in [0, 0.1) is 5.92 Å². The summed E-state index contributed by atoms with van der Waals surface area (Å²) >= 11 is 0. The minimum absolute atomic E-state index is 0.609. The summed E-state index contributed by atoms with van der Waals surface area (Å²) in [5, 5.41) is 3.45. The first-order valence-electron chi connectivity index (χ1n) is 6.06. The van der Waals surface area contributed by atoms with Gasteiger partial charge < -0.3 is 5.32 Å². The minimum Gasteiger partial charge on any atom is -0.313 e. The molecule has 82 valence electrons. The van der Waals surface area contributed by atoms with E-state index >= 15 is 0 Å². The Morgan fingerprint density at radius 1 is 1.14 bits per heavy atom. The molecule has 0 saturated heterocycles. The topological polar surface area (TPSA) is 12.0 Å². The molecule has 0 amide bonds. The van der Waals surface area contributed by atoms with Crippen molar-refractivity contribution < 1.29 is 0 Å². The second-order valence-electron chi connectivity index (χ2n) is 4.81. The molecule has 0 bridgehead atoms. The van der Waals surface area contributed by atoms with Crippen LogP contribution in [0.5, 0.6) is 0 Å². The molecule has 1 fully saturated rings. The molecule has 0 aromatic heterocycles. The molecule has 1 aliphatic rings. The van der Waals surface area contributed by atoms with Gasteiger partial charge in [-0.25, -0.2) is 0 Å². The van der Waals surface area contributed by atoms with Gasteiger partial charge in [0.25, 0.3) is 0 Å². The van der Waals surface area contributed by atoms with E-state index in [0.717, 1.165) is 5.92 Å². The summed E-state index contributed by atoms with van der Waals surface area (Å²) in [4.78, 5) is 0. The Bertz CT molecular complexity index is 172. The van der Waals surface area contributed by atoms with Crippen molar-refractivity contribution in [3.8, 4) is 0 Å². The van der Waals surface area contributed by atoms with Gasteiger partial charge in [0.2, 0.25) is 0 Å². The Morgan fingerprint density at radius 3 is 2.14 bits per heavy atom. The fraction of sp³-hybridized carbons (Fsp3) is 0.846. The molecule has 0 aromatic rings. The molecule has 1 atom stereocenters. The molecule has 14 heavy (non-hydrogen) atoms. The molecule has 0 aromatic carbocycles. The molecule has 1 aliphatic carbocycles. The lowest BCUT2D eigenvalue weighted by atomic mass is 9.91. The minimum atomic E-state index is 0.609. The molecule has 0 radical (unpaired) electrons. The highest BCUT2D eigenvalue weighted by molar-refractivity contribution is 5.03. The van der Waals surface area contributed by atoms with Gasteiger partial charge in [-0.15, -0.1) is 0 Å². The van der Waals surface area contributed by atoms with Gasteiger partial charge in [-0.05, 0) is 39.7 Å². The molecule has 0 aliphatic heterocycles. The predicted molar refractivity (Wildman–Crippen MR) is 63.5 cm³/mol. The van der Waals surface area contributed by atoms with Gasteiger partial charge in [0.1, 0.15) is 0 Å². The lowest BCUT2D eigenvalue weighted by molar-refractivity contribution is 0.380. The first kappa shape index (κ1) is 11.8. The van der Waals surface area contributed by atoms with Crippen LogP contribution in [0.15, 0.2) is 11.6 Å². The summed E-state index contributed by atoms with van der Waals surface area (Å²) in [6.45, 7) is 4.39. The van der Waals surface area contributed by atoms with E-state index in [4.69, 9.17) is 0 Å². The van der Waals surface area contributed by atoms with Crippen molar-refractivity contribution in [2.45, 2.75) is 58.4 Å².